The molecule has 0 unspecified atom stereocenters. The zero-order valence-electron chi connectivity index (χ0n) is 11.5. The second kappa shape index (κ2) is 6.72. The van der Waals surface area contributed by atoms with Crippen LogP contribution >= 0.6 is 0 Å². The summed E-state index contributed by atoms with van der Waals surface area (Å²) >= 11 is 0. The highest BCUT2D eigenvalue weighted by Crippen LogP contribution is 2.13. The van der Waals surface area contributed by atoms with Gasteiger partial charge in [-0.05, 0) is 19.1 Å². The van der Waals surface area contributed by atoms with Crippen molar-refractivity contribution in [2.24, 2.45) is 5.73 Å². The van der Waals surface area contributed by atoms with Gasteiger partial charge < -0.3 is 16.4 Å². The Morgan fingerprint density at radius 1 is 1.30 bits per heavy atom. The van der Waals surface area contributed by atoms with Crippen LogP contribution in [-0.4, -0.2) is 28.7 Å². The maximum atomic E-state index is 10.5. The first kappa shape index (κ1) is 14.1. The Morgan fingerprint density at radius 2 is 2.05 bits per heavy atom. The lowest BCUT2D eigenvalue weighted by atomic mass is 10.3. The predicted octanol–water partition coefficient (Wildman–Crippen LogP) is 0.939. The SMILES string of the molecule is Cc1ncc(CNCCNC(N)=O)n1-c1ccccc1. The van der Waals surface area contributed by atoms with E-state index in [9.17, 15) is 4.79 Å². The largest absolute Gasteiger partial charge is 0.352 e. The number of aromatic nitrogens is 2. The van der Waals surface area contributed by atoms with Crippen molar-refractivity contribution in [2.45, 2.75) is 13.5 Å². The Hall–Kier alpha value is -2.34. The van der Waals surface area contributed by atoms with Gasteiger partial charge in [0.05, 0.1) is 11.9 Å². The number of aryl methyl sites for hydroxylation is 1. The van der Waals surface area contributed by atoms with E-state index in [4.69, 9.17) is 5.73 Å². The van der Waals surface area contributed by atoms with E-state index in [0.717, 1.165) is 17.2 Å². The Balaban J connectivity index is 1.98. The van der Waals surface area contributed by atoms with Crippen molar-refractivity contribution in [3.8, 4) is 5.69 Å². The van der Waals surface area contributed by atoms with E-state index < -0.39 is 6.03 Å². The normalized spacial score (nSPS) is 10.4. The fourth-order valence-electron chi connectivity index (χ4n) is 2.04. The third-order valence-electron chi connectivity index (χ3n) is 2.93. The van der Waals surface area contributed by atoms with E-state index in [1.165, 1.54) is 0 Å². The molecule has 0 aliphatic heterocycles. The summed E-state index contributed by atoms with van der Waals surface area (Å²) in [7, 11) is 0. The number of carbonyl (C=O) groups is 1. The van der Waals surface area contributed by atoms with E-state index in [2.05, 4.69) is 20.2 Å². The Bertz CT molecular complexity index is 564. The third-order valence-corrected chi connectivity index (χ3v) is 2.93. The van der Waals surface area contributed by atoms with Gasteiger partial charge in [0.2, 0.25) is 0 Å². The first-order chi connectivity index (χ1) is 9.68. The quantitative estimate of drug-likeness (QED) is 0.685. The number of carbonyl (C=O) groups excluding carboxylic acids is 1. The smallest absolute Gasteiger partial charge is 0.312 e. The average Bonchev–Trinajstić information content (AvgIpc) is 2.80. The summed E-state index contributed by atoms with van der Waals surface area (Å²) in [5.74, 6) is 0.947. The summed E-state index contributed by atoms with van der Waals surface area (Å²) in [6.45, 7) is 3.82. The first-order valence-electron chi connectivity index (χ1n) is 6.51. The summed E-state index contributed by atoms with van der Waals surface area (Å²) in [6.07, 6.45) is 1.86. The number of primary amides is 1. The molecule has 0 fully saturated rings. The number of amides is 2. The zero-order valence-corrected chi connectivity index (χ0v) is 11.5. The van der Waals surface area contributed by atoms with Crippen LogP contribution in [0.1, 0.15) is 11.5 Å². The molecule has 0 aliphatic rings. The minimum absolute atomic E-state index is 0.503. The molecule has 20 heavy (non-hydrogen) atoms. The number of imidazole rings is 1. The second-order valence-electron chi connectivity index (χ2n) is 4.44. The predicted molar refractivity (Wildman–Crippen MR) is 77.6 cm³/mol. The molecule has 2 amide bonds. The van der Waals surface area contributed by atoms with Crippen LogP contribution in [0, 0.1) is 6.92 Å². The number of nitrogens with one attached hydrogen (secondary N) is 2. The van der Waals surface area contributed by atoms with E-state index in [1.807, 2.05) is 43.5 Å². The van der Waals surface area contributed by atoms with Crippen LogP contribution in [0.3, 0.4) is 0 Å². The molecule has 2 rings (SSSR count). The molecule has 1 aromatic carbocycles. The zero-order chi connectivity index (χ0) is 14.4. The summed E-state index contributed by atoms with van der Waals surface area (Å²) in [5, 5.41) is 5.79. The lowest BCUT2D eigenvalue weighted by molar-refractivity contribution is 0.249. The molecule has 0 spiro atoms. The summed E-state index contributed by atoms with van der Waals surface area (Å²) < 4.78 is 2.11. The van der Waals surface area contributed by atoms with Gasteiger partial charge in [0.25, 0.3) is 0 Å². The number of hydrogen-bond donors (Lipinski definition) is 3. The van der Waals surface area contributed by atoms with E-state index in [0.29, 0.717) is 19.6 Å². The molecule has 1 aromatic heterocycles. The highest BCUT2D eigenvalue weighted by atomic mass is 16.2. The maximum Gasteiger partial charge on any atom is 0.312 e. The van der Waals surface area contributed by atoms with Crippen LogP contribution in [0.5, 0.6) is 0 Å². The van der Waals surface area contributed by atoms with Crippen LogP contribution in [0.15, 0.2) is 36.5 Å². The Labute approximate surface area is 118 Å². The van der Waals surface area contributed by atoms with Crippen LogP contribution < -0.4 is 16.4 Å². The summed E-state index contributed by atoms with van der Waals surface area (Å²) in [6, 6.07) is 9.59. The first-order valence-corrected chi connectivity index (χ1v) is 6.51. The molecular weight excluding hydrogens is 254 g/mol. The Kier molecular flexibility index (Phi) is 4.73. The molecule has 106 valence electrons. The van der Waals surface area contributed by atoms with Crippen molar-refractivity contribution in [3.05, 3.63) is 48.0 Å². The van der Waals surface area contributed by atoms with Crippen molar-refractivity contribution in [3.63, 3.8) is 0 Å². The van der Waals surface area contributed by atoms with Crippen LogP contribution in [0.2, 0.25) is 0 Å². The summed E-state index contributed by atoms with van der Waals surface area (Å²) in [4.78, 5) is 14.9. The standard InChI is InChI=1S/C14H19N5O/c1-11-18-10-13(9-16-7-8-17-14(15)20)19(11)12-5-3-2-4-6-12/h2-6,10,16H,7-9H2,1H3,(H3,15,17,20). The third kappa shape index (κ3) is 3.58. The molecule has 0 aliphatic carbocycles. The number of hydrogen-bond acceptors (Lipinski definition) is 3. The molecule has 6 nitrogen and oxygen atoms in total. The van der Waals surface area contributed by atoms with Gasteiger partial charge in [-0.15, -0.1) is 0 Å². The van der Waals surface area contributed by atoms with Gasteiger partial charge in [-0.3, -0.25) is 4.57 Å². The molecule has 0 saturated heterocycles. The number of urea groups is 1. The van der Waals surface area contributed by atoms with Gasteiger partial charge in [-0.1, -0.05) is 18.2 Å². The lowest BCUT2D eigenvalue weighted by Gasteiger charge is -2.11. The molecule has 0 radical (unpaired) electrons. The van der Waals surface area contributed by atoms with Crippen LogP contribution in [0.25, 0.3) is 5.69 Å². The van der Waals surface area contributed by atoms with Gasteiger partial charge in [0.1, 0.15) is 5.82 Å². The van der Waals surface area contributed by atoms with Gasteiger partial charge in [-0.25, -0.2) is 9.78 Å². The van der Waals surface area contributed by atoms with Crippen molar-refractivity contribution in [1.29, 1.82) is 0 Å². The van der Waals surface area contributed by atoms with Gasteiger partial charge in [0, 0.05) is 25.3 Å². The number of nitrogens with zero attached hydrogens (tertiary/aromatic N) is 2. The number of benzene rings is 1. The number of para-hydroxylation sites is 1. The molecule has 0 bridgehead atoms. The molecule has 2 aromatic rings. The molecule has 0 saturated carbocycles. The van der Waals surface area contributed by atoms with Crippen LogP contribution in [0.4, 0.5) is 4.79 Å². The lowest BCUT2D eigenvalue weighted by Crippen LogP contribution is -2.35. The van der Waals surface area contributed by atoms with Gasteiger partial charge in [0.15, 0.2) is 0 Å². The molecule has 0 atom stereocenters. The monoisotopic (exact) mass is 273 g/mol. The molecule has 6 heteroatoms. The molecule has 1 heterocycles. The fraction of sp³-hybridized carbons (Fsp3) is 0.286. The molecular formula is C14H19N5O. The molecule has 4 N–H and O–H groups in total. The minimum Gasteiger partial charge on any atom is -0.352 e. The average molecular weight is 273 g/mol. The Morgan fingerprint density at radius 3 is 2.75 bits per heavy atom. The van der Waals surface area contributed by atoms with E-state index >= 15 is 0 Å². The van der Waals surface area contributed by atoms with E-state index in [-0.39, 0.29) is 0 Å². The van der Waals surface area contributed by atoms with Crippen LogP contribution in [-0.2, 0) is 6.54 Å². The van der Waals surface area contributed by atoms with Crippen molar-refractivity contribution < 1.29 is 4.79 Å². The maximum absolute atomic E-state index is 10.5. The van der Waals surface area contributed by atoms with E-state index in [1.54, 1.807) is 0 Å². The fourth-order valence-corrected chi connectivity index (χ4v) is 2.04. The van der Waals surface area contributed by atoms with Gasteiger partial charge in [-0.2, -0.15) is 0 Å². The highest BCUT2D eigenvalue weighted by molar-refractivity contribution is 5.71. The van der Waals surface area contributed by atoms with Crippen molar-refractivity contribution in [1.82, 2.24) is 20.2 Å². The van der Waals surface area contributed by atoms with Crippen molar-refractivity contribution >= 4 is 6.03 Å². The topological polar surface area (TPSA) is 85.0 Å². The number of nitrogens with two attached hydrogens (primary N) is 1. The number of rotatable bonds is 6. The highest BCUT2D eigenvalue weighted by Gasteiger charge is 2.07. The van der Waals surface area contributed by atoms with Gasteiger partial charge >= 0.3 is 6.03 Å². The minimum atomic E-state index is -0.503. The van der Waals surface area contributed by atoms with Crippen molar-refractivity contribution in [2.75, 3.05) is 13.1 Å². The summed E-state index contributed by atoms with van der Waals surface area (Å²) in [5.41, 5.74) is 7.17. The second-order valence-corrected chi connectivity index (χ2v) is 4.44.